The van der Waals surface area contributed by atoms with Crippen LogP contribution in [0, 0.1) is 11.3 Å². The number of fused-ring (bicyclic) bond motifs is 1. The molecule has 0 radical (unpaired) electrons. The normalized spacial score (nSPS) is 11.0. The molecule has 12 heteroatoms. The van der Waals surface area contributed by atoms with Crippen molar-refractivity contribution >= 4 is 55.5 Å². The molecule has 0 aliphatic heterocycles. The number of hydrogen-bond acceptors (Lipinski definition) is 10. The van der Waals surface area contributed by atoms with Gasteiger partial charge in [0, 0.05) is 32.1 Å². The predicted molar refractivity (Wildman–Crippen MR) is 136 cm³/mol. The van der Waals surface area contributed by atoms with E-state index in [4.69, 9.17) is 4.98 Å². The molecule has 5 rings (SSSR count). The first-order chi connectivity index (χ1) is 17.5. The first-order valence-corrected chi connectivity index (χ1v) is 11.5. The lowest BCUT2D eigenvalue weighted by atomic mass is 10.2. The SMILES string of the molecule is CC(=O)Nc1cc(N(C)c2nc3ccccc3s2)ccc1N=Nc1c(C#N)cnn1-c1ncccn1. The summed E-state index contributed by atoms with van der Waals surface area (Å²) in [5.74, 6) is 0.169. The van der Waals surface area contributed by atoms with E-state index in [1.54, 1.807) is 41.9 Å². The molecular weight excluding hydrogens is 476 g/mol. The number of para-hydroxylation sites is 1. The fraction of sp³-hybridized carbons (Fsp3) is 0.0833. The zero-order valence-electron chi connectivity index (χ0n) is 19.2. The fourth-order valence-electron chi connectivity index (χ4n) is 3.39. The number of benzene rings is 2. The van der Waals surface area contributed by atoms with Crippen molar-refractivity contribution in [2.45, 2.75) is 6.92 Å². The van der Waals surface area contributed by atoms with Gasteiger partial charge in [-0.25, -0.2) is 15.0 Å². The molecule has 0 aliphatic carbocycles. The smallest absolute Gasteiger partial charge is 0.252 e. The topological polar surface area (TPSA) is 137 Å². The molecule has 36 heavy (non-hydrogen) atoms. The summed E-state index contributed by atoms with van der Waals surface area (Å²) in [4.78, 5) is 26.9. The van der Waals surface area contributed by atoms with Crippen LogP contribution in [-0.4, -0.2) is 37.7 Å². The molecule has 1 amide bonds. The van der Waals surface area contributed by atoms with E-state index in [9.17, 15) is 10.1 Å². The summed E-state index contributed by atoms with van der Waals surface area (Å²) in [6.07, 6.45) is 4.49. The molecule has 2 aromatic carbocycles. The molecule has 1 N–H and O–H groups in total. The van der Waals surface area contributed by atoms with Gasteiger partial charge in [-0.05, 0) is 36.4 Å². The van der Waals surface area contributed by atoms with Gasteiger partial charge in [-0.3, -0.25) is 4.79 Å². The summed E-state index contributed by atoms with van der Waals surface area (Å²) in [6, 6.07) is 17.0. The minimum atomic E-state index is -0.258. The first kappa shape index (κ1) is 22.8. The summed E-state index contributed by atoms with van der Waals surface area (Å²) in [5, 5.41) is 25.8. The van der Waals surface area contributed by atoms with Gasteiger partial charge in [-0.15, -0.1) is 10.2 Å². The molecular formula is C24H18N10OS. The summed E-state index contributed by atoms with van der Waals surface area (Å²) in [5.41, 5.74) is 2.79. The van der Waals surface area contributed by atoms with Gasteiger partial charge in [-0.2, -0.15) is 15.0 Å². The van der Waals surface area contributed by atoms with E-state index in [2.05, 4.69) is 30.6 Å². The zero-order chi connectivity index (χ0) is 25.1. The Labute approximate surface area is 209 Å². The summed E-state index contributed by atoms with van der Waals surface area (Å²) in [7, 11) is 1.91. The minimum absolute atomic E-state index is 0.174. The van der Waals surface area contributed by atoms with Gasteiger partial charge in [0.05, 0.1) is 22.1 Å². The fourth-order valence-corrected chi connectivity index (χ4v) is 4.34. The highest BCUT2D eigenvalue weighted by Gasteiger charge is 2.16. The third-order valence-corrected chi connectivity index (χ3v) is 6.22. The summed E-state index contributed by atoms with van der Waals surface area (Å²) >= 11 is 1.57. The Morgan fingerprint density at radius 1 is 1.14 bits per heavy atom. The Bertz CT molecular complexity index is 1600. The highest BCUT2D eigenvalue weighted by atomic mass is 32.1. The maximum absolute atomic E-state index is 11.9. The van der Waals surface area contributed by atoms with Crippen LogP contribution in [-0.2, 0) is 4.79 Å². The van der Waals surface area contributed by atoms with Crippen LogP contribution in [0.2, 0.25) is 0 Å². The van der Waals surface area contributed by atoms with Crippen molar-refractivity contribution in [2.75, 3.05) is 17.3 Å². The Morgan fingerprint density at radius 2 is 1.94 bits per heavy atom. The van der Waals surface area contributed by atoms with Crippen molar-refractivity contribution < 1.29 is 4.79 Å². The molecule has 0 spiro atoms. The van der Waals surface area contributed by atoms with Crippen molar-refractivity contribution in [2.24, 2.45) is 10.2 Å². The van der Waals surface area contributed by atoms with E-state index in [0.717, 1.165) is 21.0 Å². The second-order valence-corrected chi connectivity index (χ2v) is 8.57. The second kappa shape index (κ2) is 9.69. The summed E-state index contributed by atoms with van der Waals surface area (Å²) < 4.78 is 2.41. The molecule has 0 bridgehead atoms. The van der Waals surface area contributed by atoms with Gasteiger partial charge < -0.3 is 10.2 Å². The molecule has 0 aliphatic rings. The Morgan fingerprint density at radius 3 is 2.69 bits per heavy atom. The quantitative estimate of drug-likeness (QED) is 0.317. The van der Waals surface area contributed by atoms with Gasteiger partial charge >= 0.3 is 0 Å². The van der Waals surface area contributed by atoms with E-state index in [1.807, 2.05) is 48.3 Å². The number of aromatic nitrogens is 5. The van der Waals surface area contributed by atoms with Crippen molar-refractivity contribution in [3.8, 4) is 12.0 Å². The van der Waals surface area contributed by atoms with E-state index in [1.165, 1.54) is 17.8 Å². The van der Waals surface area contributed by atoms with Crippen LogP contribution in [0.5, 0.6) is 0 Å². The maximum Gasteiger partial charge on any atom is 0.252 e. The van der Waals surface area contributed by atoms with E-state index in [-0.39, 0.29) is 23.2 Å². The molecule has 176 valence electrons. The molecule has 0 unspecified atom stereocenters. The van der Waals surface area contributed by atoms with Gasteiger partial charge in [0.15, 0.2) is 10.9 Å². The van der Waals surface area contributed by atoms with Crippen LogP contribution in [0.25, 0.3) is 16.2 Å². The summed E-state index contributed by atoms with van der Waals surface area (Å²) in [6.45, 7) is 1.42. The molecule has 11 nitrogen and oxygen atoms in total. The number of nitrogens with one attached hydrogen (secondary N) is 1. The van der Waals surface area contributed by atoms with Gasteiger partial charge in [0.2, 0.25) is 5.91 Å². The van der Waals surface area contributed by atoms with E-state index < -0.39 is 0 Å². The number of azo groups is 1. The van der Waals surface area contributed by atoms with Crippen LogP contribution < -0.4 is 10.2 Å². The highest BCUT2D eigenvalue weighted by molar-refractivity contribution is 7.22. The average molecular weight is 495 g/mol. The molecule has 0 atom stereocenters. The highest BCUT2D eigenvalue weighted by Crippen LogP contribution is 2.36. The van der Waals surface area contributed by atoms with E-state index >= 15 is 0 Å². The molecule has 0 saturated carbocycles. The van der Waals surface area contributed by atoms with Crippen LogP contribution >= 0.6 is 11.3 Å². The molecule has 0 fully saturated rings. The number of thiazole rings is 1. The lowest BCUT2D eigenvalue weighted by Crippen LogP contribution is -2.11. The third-order valence-electron chi connectivity index (χ3n) is 5.11. The van der Waals surface area contributed by atoms with Crippen molar-refractivity contribution in [3.05, 3.63) is 72.7 Å². The standard InChI is InChI=1S/C24H18N10OS/c1-15(35)29-20-12-17(33(2)24-30-19-6-3-4-7-21(19)36-24)8-9-18(20)31-32-22-16(13-25)14-28-34(22)23-26-10-5-11-27-23/h3-12,14H,1-2H3,(H,29,35). The Hall–Kier alpha value is -5.02. The second-order valence-electron chi connectivity index (χ2n) is 7.56. The largest absolute Gasteiger partial charge is 0.324 e. The average Bonchev–Trinajstić information content (AvgIpc) is 3.51. The van der Waals surface area contributed by atoms with Crippen LogP contribution in [0.4, 0.5) is 28.0 Å². The van der Waals surface area contributed by atoms with Crippen LogP contribution in [0.3, 0.4) is 0 Å². The number of carbonyl (C=O) groups is 1. The molecule has 3 heterocycles. The molecule has 5 aromatic rings. The van der Waals surface area contributed by atoms with Gasteiger partial charge in [-0.1, -0.05) is 23.5 Å². The first-order valence-electron chi connectivity index (χ1n) is 10.7. The number of hydrogen-bond donors (Lipinski definition) is 1. The van der Waals surface area contributed by atoms with Crippen LogP contribution in [0.15, 0.2) is 77.3 Å². The van der Waals surface area contributed by atoms with Crippen molar-refractivity contribution in [3.63, 3.8) is 0 Å². The van der Waals surface area contributed by atoms with Crippen LogP contribution in [0.1, 0.15) is 12.5 Å². The number of carbonyl (C=O) groups excluding carboxylic acids is 1. The number of nitrogens with zero attached hydrogens (tertiary/aromatic N) is 9. The molecule has 0 saturated heterocycles. The Kier molecular flexibility index (Phi) is 6.12. The predicted octanol–water partition coefficient (Wildman–Crippen LogP) is 5.29. The lowest BCUT2D eigenvalue weighted by Gasteiger charge is -2.17. The van der Waals surface area contributed by atoms with Gasteiger partial charge in [0.25, 0.3) is 5.95 Å². The number of anilines is 3. The minimum Gasteiger partial charge on any atom is -0.324 e. The van der Waals surface area contributed by atoms with Gasteiger partial charge in [0.1, 0.15) is 17.3 Å². The zero-order valence-corrected chi connectivity index (χ0v) is 20.0. The number of amides is 1. The maximum atomic E-state index is 11.9. The molecule has 3 aromatic heterocycles. The lowest BCUT2D eigenvalue weighted by molar-refractivity contribution is -0.114. The van der Waals surface area contributed by atoms with Crippen molar-refractivity contribution in [1.82, 2.24) is 24.7 Å². The third kappa shape index (κ3) is 4.50. The number of rotatable bonds is 6. The van der Waals surface area contributed by atoms with E-state index in [0.29, 0.717) is 11.4 Å². The Balaban J connectivity index is 1.51. The monoisotopic (exact) mass is 494 g/mol. The number of nitriles is 1. The van der Waals surface area contributed by atoms with Crippen molar-refractivity contribution in [1.29, 1.82) is 5.26 Å².